The van der Waals surface area contributed by atoms with E-state index in [4.69, 9.17) is 18.9 Å². The number of nitrogens with zero attached hydrogens (tertiary/aromatic N) is 16. The third kappa shape index (κ3) is 11.1. The molecule has 40 nitrogen and oxygen atoms in total. The van der Waals surface area contributed by atoms with Crippen LogP contribution in [-0.2, 0) is 66.7 Å². The molecule has 0 spiro atoms. The molecule has 0 atom stereocenters. The molecule has 0 N–H and O–H groups in total. The monoisotopic (exact) mass is 1550 g/mol. The van der Waals surface area contributed by atoms with Crippen molar-refractivity contribution in [3.05, 3.63) is 46.5 Å². The molecule has 11 saturated heterocycles. The van der Waals surface area contributed by atoms with Gasteiger partial charge in [-0.05, 0) is 52.0 Å². The number of urea groups is 8. The normalized spacial score (nSPS) is 29.1. The maximum Gasteiger partial charge on any atom is 1.00 e. The van der Waals surface area contributed by atoms with Crippen LogP contribution in [0.4, 0.5) is 38.4 Å². The molecular weight excluding hydrogens is 1490 g/mol. The molecule has 13 heterocycles. The number of carbonyl (C=O) groups is 8. The van der Waals surface area contributed by atoms with Crippen molar-refractivity contribution in [3.8, 4) is 23.0 Å². The van der Waals surface area contributed by atoms with Crippen LogP contribution >= 0.6 is 0 Å². The Kier molecular flexibility index (Phi) is 20.4. The average molecular weight is 1550 g/mol. The van der Waals surface area contributed by atoms with Crippen molar-refractivity contribution < 1.29 is 315 Å². The summed E-state index contributed by atoms with van der Waals surface area (Å²) in [5, 5.41) is 0. The molecule has 0 bridgehead atoms. The van der Waals surface area contributed by atoms with E-state index in [1.807, 2.05) is 0 Å². The number of fused-ring (bicyclic) bond motifs is 2. The van der Waals surface area contributed by atoms with Crippen LogP contribution in [0.3, 0.4) is 0 Å². The van der Waals surface area contributed by atoms with Gasteiger partial charge in [0, 0.05) is 22.3 Å². The van der Waals surface area contributed by atoms with Gasteiger partial charge in [-0.15, -0.1) is 0 Å². The summed E-state index contributed by atoms with van der Waals surface area (Å²) >= 11 is 0. The predicted octanol–water partition coefficient (Wildman–Crippen LogP) is -15.0. The van der Waals surface area contributed by atoms with Crippen LogP contribution < -0.4 is 224 Å². The van der Waals surface area contributed by atoms with E-state index in [-0.39, 0.29) is 251 Å². The van der Waals surface area contributed by atoms with Gasteiger partial charge in [-0.2, -0.15) is 0 Å². The number of rotatable bonds is 16. The zero-order valence-corrected chi connectivity index (χ0v) is 69.7. The summed E-state index contributed by atoms with van der Waals surface area (Å²) in [6.45, 7) is -1.67. The van der Waals surface area contributed by atoms with Gasteiger partial charge < -0.3 is 37.2 Å². The van der Waals surface area contributed by atoms with Crippen LogP contribution in [0.1, 0.15) is 49.9 Å². The van der Waals surface area contributed by atoms with Crippen molar-refractivity contribution in [2.24, 2.45) is 0 Å². The van der Waals surface area contributed by atoms with E-state index in [1.165, 1.54) is 103 Å². The van der Waals surface area contributed by atoms with E-state index in [9.17, 15) is 51.9 Å². The van der Waals surface area contributed by atoms with Gasteiger partial charge in [-0.25, -0.2) is 72.0 Å². The molecule has 48 heteroatoms. The number of ether oxygens (including phenoxy) is 4. The number of benzene rings is 2. The van der Waals surface area contributed by atoms with Crippen molar-refractivity contribution in [1.82, 2.24) is 78.4 Å². The van der Waals surface area contributed by atoms with Gasteiger partial charge >= 0.3 is 254 Å². The minimum absolute atomic E-state index is 0. The first-order valence-electron chi connectivity index (χ1n) is 29.2. The molecule has 508 valence electrons. The van der Waals surface area contributed by atoms with Crippen molar-refractivity contribution in [3.63, 3.8) is 0 Å². The second kappa shape index (κ2) is 25.9. The van der Waals surface area contributed by atoms with Crippen molar-refractivity contribution in [2.45, 2.75) is 101 Å². The van der Waals surface area contributed by atoms with Crippen LogP contribution in [0.25, 0.3) is 0 Å². The van der Waals surface area contributed by atoms with Gasteiger partial charge in [0.25, 0.3) is 0 Å². The third-order valence-electron chi connectivity index (χ3n) is 21.0. The third-order valence-corrected chi connectivity index (χ3v) is 23.7. The number of carbonyl (C=O) groups excluding carboxylic acids is 8. The van der Waals surface area contributed by atoms with Crippen molar-refractivity contribution in [1.29, 1.82) is 0 Å². The van der Waals surface area contributed by atoms with E-state index in [1.54, 1.807) is 27.7 Å². The number of hydrogen-bond acceptors (Lipinski definition) is 24. The summed E-state index contributed by atoms with van der Waals surface area (Å²) in [7, 11) is -19.2. The average Bonchev–Trinajstić information content (AvgIpc) is 1.50. The minimum atomic E-state index is -4.80. The Hall–Kier alpha value is -2.01. The van der Waals surface area contributed by atoms with E-state index in [0.717, 1.165) is 0 Å². The second-order valence-corrected chi connectivity index (χ2v) is 31.2. The molecule has 0 aliphatic carbocycles. The smallest absolute Gasteiger partial charge is 0.748 e. The number of hydrogen-bond donors (Lipinski definition) is 0. The van der Waals surface area contributed by atoms with Gasteiger partial charge in [-0.3, -0.25) is 78.4 Å². The molecule has 13 aliphatic rings. The largest absolute Gasteiger partial charge is 1.00 e. The quantitative estimate of drug-likeness (QED) is 0.111. The summed E-state index contributed by atoms with van der Waals surface area (Å²) in [6.07, 6.45) is -5.34. The topological polar surface area (TPSA) is 454 Å². The van der Waals surface area contributed by atoms with E-state index < -0.39 is 252 Å². The first-order chi connectivity index (χ1) is 43.9. The zero-order valence-electron chi connectivity index (χ0n) is 53.9. The Morgan fingerprint density at radius 1 is 0.316 bits per heavy atom. The molecule has 16 amide bonds. The van der Waals surface area contributed by atoms with Crippen LogP contribution in [0.5, 0.6) is 23.0 Å². The zero-order chi connectivity index (χ0) is 67.2. The Morgan fingerprint density at radius 3 is 0.673 bits per heavy atom. The van der Waals surface area contributed by atoms with Gasteiger partial charge in [0.2, 0.25) is 0 Å². The van der Waals surface area contributed by atoms with Gasteiger partial charge in [0.05, 0.1) is 89.7 Å². The summed E-state index contributed by atoms with van der Waals surface area (Å²) in [6, 6.07) is -1.01. The van der Waals surface area contributed by atoms with Crippen molar-refractivity contribution in [2.75, 3.05) is 89.5 Å². The van der Waals surface area contributed by atoms with Gasteiger partial charge in [0.1, 0.15) is 89.4 Å². The van der Waals surface area contributed by atoms with Crippen LogP contribution in [-0.4, -0.2) is 315 Å². The van der Waals surface area contributed by atoms with E-state index in [2.05, 4.69) is 0 Å². The Bertz CT molecular complexity index is 3830. The molecule has 0 unspecified atom stereocenters. The van der Waals surface area contributed by atoms with Crippen molar-refractivity contribution >= 4 is 88.7 Å². The molecular formula is C50H56K4N16O24S4. The van der Waals surface area contributed by atoms with Gasteiger partial charge in [-0.1, -0.05) is 0 Å². The first-order valence-corrected chi connectivity index (χ1v) is 35.5. The van der Waals surface area contributed by atoms with E-state index in [0.29, 0.717) is 0 Å². The Morgan fingerprint density at radius 2 is 0.490 bits per heavy atom. The molecule has 2 aromatic carbocycles. The summed E-state index contributed by atoms with van der Waals surface area (Å²) in [5.41, 5.74) is -6.48. The molecule has 13 aliphatic heterocycles. The molecule has 11 fully saturated rings. The summed E-state index contributed by atoms with van der Waals surface area (Å²) < 4.78 is 163. The fourth-order valence-corrected chi connectivity index (χ4v) is 17.3. The Labute approximate surface area is 729 Å². The first kappa shape index (κ1) is 77.1. The predicted molar refractivity (Wildman–Crippen MR) is 299 cm³/mol. The van der Waals surface area contributed by atoms with Crippen LogP contribution in [0, 0.1) is 0 Å². The summed E-state index contributed by atoms with van der Waals surface area (Å²) in [4.78, 5) is 144. The molecule has 2 aromatic rings. The molecule has 0 saturated carbocycles. The van der Waals surface area contributed by atoms with Crippen LogP contribution in [0.15, 0.2) is 24.3 Å². The fourth-order valence-electron chi connectivity index (χ4n) is 16.2. The minimum Gasteiger partial charge on any atom is -0.748 e. The van der Waals surface area contributed by atoms with E-state index >= 15 is 38.4 Å². The molecule has 0 radical (unpaired) electrons. The summed E-state index contributed by atoms with van der Waals surface area (Å²) in [5.74, 6) is -4.05. The molecule has 0 aromatic heterocycles. The molecule has 15 rings (SSSR count). The second-order valence-electron chi connectivity index (χ2n) is 25.1. The molecule has 98 heavy (non-hydrogen) atoms. The number of amides is 16. The maximum atomic E-state index is 15.5. The standard InChI is InChI=1S/C50H60N16O24S4.4K/c1-47-49(3)63-23-55-37-35-51(39(55)67)21-53-36-38-57(41(53)69)25-65-45(73)61-19-29-30(34(90-12-16-94(84,85)86)8-7-33(29)89-11-15-93(81,82)83)20-62-46(74)66(50(65,4)48(61,62)2)26-58(38)42(70)54(36)22-52(35)40(68)56(37)24-64(49)44(72)60(47)18-28-27(17-59(47)43(63)71)31(87-9-13-91(75,76)77)5-6-32(28)88-10-14-92(78,79)80;;;;/h5-8,35-38H,9-26H2,1-4H3,(H,75,76,77)(H,78,79,80)(H,81,82,83)(H,84,85,86);;;;/q;4*+1/p-4. The maximum absolute atomic E-state index is 15.5. The van der Waals surface area contributed by atoms with Crippen LogP contribution in [0.2, 0.25) is 0 Å². The Balaban J connectivity index is 0.00000243. The SMILES string of the molecule is CC12N3Cc4c(OCCS(=O)(=O)[O-])ccc(OCCS(=O)(=O)[O-])c4CN1C(=O)N1CN4C(=O)N5CN6C(=O)N7CN8C(=O)N9Cc%10c(OCCS(=O)(=O)[O-])ccc(OCCS(=O)(=O)[O-])c%10CN%10C(=O)N(CN%11C(=O)N(CN%12C(=O)N(CN(C3=O)C12C)C4C%125)C6C%117)C8(C)C%109C.[K+].[K+].[K+].[K+]. The van der Waals surface area contributed by atoms with Gasteiger partial charge in [0.15, 0.2) is 47.3 Å². The fraction of sp³-hybridized carbons (Fsp3) is 0.600.